The zero-order chi connectivity index (χ0) is 20.8. The number of likely N-dealkylation sites (N-methyl/N-ethyl adjacent to an activating group) is 1. The van der Waals surface area contributed by atoms with E-state index < -0.39 is 5.41 Å². The predicted octanol–water partition coefficient (Wildman–Crippen LogP) is 3.96. The monoisotopic (exact) mass is 382 g/mol. The van der Waals surface area contributed by atoms with Crippen LogP contribution in [0.25, 0.3) is 0 Å². The molecule has 1 aliphatic heterocycles. The minimum absolute atomic E-state index is 0.113. The Morgan fingerprint density at radius 1 is 1.19 bits per heavy atom. The summed E-state index contributed by atoms with van der Waals surface area (Å²) >= 11 is 0. The molecule has 0 aliphatic carbocycles. The summed E-state index contributed by atoms with van der Waals surface area (Å²) < 4.78 is 5.69. The minimum atomic E-state index is -0.587. The van der Waals surface area contributed by atoms with Crippen LogP contribution >= 0.6 is 0 Å². The van der Waals surface area contributed by atoms with E-state index in [1.165, 1.54) is 0 Å². The maximum atomic E-state index is 13.1. The number of nitrogens with zero attached hydrogens (tertiary/aromatic N) is 2. The Bertz CT molecular complexity index is 498. The molecule has 1 rings (SSSR count). The molecule has 3 unspecified atom stereocenters. The van der Waals surface area contributed by atoms with Crippen LogP contribution < -0.4 is 0 Å². The van der Waals surface area contributed by atoms with Gasteiger partial charge < -0.3 is 14.5 Å². The molecule has 1 aliphatic rings. The van der Waals surface area contributed by atoms with E-state index in [1.807, 2.05) is 25.9 Å². The van der Waals surface area contributed by atoms with Crippen molar-refractivity contribution in [2.45, 2.75) is 79.7 Å². The summed E-state index contributed by atoms with van der Waals surface area (Å²) in [6.45, 7) is 14.7. The van der Waals surface area contributed by atoms with Gasteiger partial charge in [0, 0.05) is 25.6 Å². The Kier molecular flexibility index (Phi) is 8.78. The molecule has 0 radical (unpaired) electrons. The van der Waals surface area contributed by atoms with Gasteiger partial charge in [-0.3, -0.25) is 9.59 Å². The summed E-state index contributed by atoms with van der Waals surface area (Å²) in [5.41, 5.74) is -0.806. The number of carbonyl (C=O) groups excluding carboxylic acids is 2. The van der Waals surface area contributed by atoms with E-state index >= 15 is 0 Å². The first-order valence-corrected chi connectivity index (χ1v) is 10.6. The number of amides is 1. The van der Waals surface area contributed by atoms with Crippen LogP contribution in [0.2, 0.25) is 0 Å². The van der Waals surface area contributed by atoms with Gasteiger partial charge in [-0.2, -0.15) is 0 Å². The van der Waals surface area contributed by atoms with Crippen LogP contribution in [-0.2, 0) is 14.3 Å². The molecule has 5 nitrogen and oxygen atoms in total. The lowest BCUT2D eigenvalue weighted by molar-refractivity contribution is -0.164. The van der Waals surface area contributed by atoms with Gasteiger partial charge in [-0.25, -0.2) is 0 Å². The molecular weight excluding hydrogens is 340 g/mol. The molecule has 27 heavy (non-hydrogen) atoms. The summed E-state index contributed by atoms with van der Waals surface area (Å²) in [5.74, 6) is 0.451. The average molecular weight is 383 g/mol. The number of hydrogen-bond acceptors (Lipinski definition) is 4. The van der Waals surface area contributed by atoms with E-state index in [-0.39, 0.29) is 23.3 Å². The molecule has 1 saturated heterocycles. The maximum Gasteiger partial charge on any atom is 0.312 e. The smallest absolute Gasteiger partial charge is 0.312 e. The molecule has 0 aromatic carbocycles. The van der Waals surface area contributed by atoms with E-state index in [9.17, 15) is 9.59 Å². The molecule has 0 aromatic heterocycles. The van der Waals surface area contributed by atoms with E-state index in [0.29, 0.717) is 18.9 Å². The second-order valence-corrected chi connectivity index (χ2v) is 9.56. The van der Waals surface area contributed by atoms with Gasteiger partial charge in [-0.15, -0.1) is 0 Å². The van der Waals surface area contributed by atoms with E-state index in [1.54, 1.807) is 0 Å². The van der Waals surface area contributed by atoms with Crippen LogP contribution in [0.3, 0.4) is 0 Å². The van der Waals surface area contributed by atoms with Gasteiger partial charge >= 0.3 is 5.97 Å². The molecule has 5 heteroatoms. The van der Waals surface area contributed by atoms with E-state index in [0.717, 1.165) is 38.8 Å². The molecule has 0 saturated carbocycles. The van der Waals surface area contributed by atoms with Crippen molar-refractivity contribution in [3.63, 3.8) is 0 Å². The summed E-state index contributed by atoms with van der Waals surface area (Å²) in [6.07, 6.45) is 4.25. The van der Waals surface area contributed by atoms with Crippen molar-refractivity contribution >= 4 is 11.9 Å². The molecule has 0 N–H and O–H groups in total. The first kappa shape index (κ1) is 23.9. The lowest BCUT2D eigenvalue weighted by atomic mass is 9.62. The summed E-state index contributed by atoms with van der Waals surface area (Å²) in [6, 6.07) is 0.209. The minimum Gasteiger partial charge on any atom is -0.464 e. The predicted molar refractivity (Wildman–Crippen MR) is 110 cm³/mol. The van der Waals surface area contributed by atoms with E-state index in [2.05, 4.69) is 39.5 Å². The Hall–Kier alpha value is -1.10. The number of carbonyl (C=O) groups is 2. The number of ether oxygens (including phenoxy) is 1. The highest BCUT2D eigenvalue weighted by molar-refractivity contribution is 5.79. The molecular formula is C22H42N2O3. The zero-order valence-electron chi connectivity index (χ0n) is 18.9. The summed E-state index contributed by atoms with van der Waals surface area (Å²) in [4.78, 5) is 29.5. The van der Waals surface area contributed by atoms with Crippen LogP contribution in [0.5, 0.6) is 0 Å². The third-order valence-corrected chi connectivity index (χ3v) is 6.55. The number of rotatable bonds is 10. The van der Waals surface area contributed by atoms with Crippen LogP contribution in [0, 0.1) is 16.7 Å². The van der Waals surface area contributed by atoms with Gasteiger partial charge in [-0.05, 0) is 51.6 Å². The van der Waals surface area contributed by atoms with Crippen molar-refractivity contribution in [1.82, 2.24) is 9.80 Å². The lowest BCUT2D eigenvalue weighted by Gasteiger charge is -2.44. The van der Waals surface area contributed by atoms with Crippen LogP contribution in [-0.4, -0.2) is 61.5 Å². The normalized spacial score (nSPS) is 19.9. The Morgan fingerprint density at radius 3 is 2.22 bits per heavy atom. The molecule has 3 atom stereocenters. The maximum absolute atomic E-state index is 13.1. The summed E-state index contributed by atoms with van der Waals surface area (Å²) in [7, 11) is 3.95. The van der Waals surface area contributed by atoms with Gasteiger partial charge in [-0.1, -0.05) is 41.0 Å². The molecule has 1 fully saturated rings. The highest BCUT2D eigenvalue weighted by Crippen LogP contribution is 2.46. The largest absolute Gasteiger partial charge is 0.464 e. The van der Waals surface area contributed by atoms with Gasteiger partial charge in [0.05, 0.1) is 5.41 Å². The molecule has 0 bridgehead atoms. The molecule has 0 spiro atoms. The fourth-order valence-corrected chi connectivity index (χ4v) is 4.08. The fraction of sp³-hybridized carbons (Fsp3) is 0.909. The first-order valence-electron chi connectivity index (χ1n) is 10.6. The highest BCUT2D eigenvalue weighted by atomic mass is 16.5. The first-order chi connectivity index (χ1) is 12.5. The third kappa shape index (κ3) is 5.94. The quantitative estimate of drug-likeness (QED) is 0.537. The van der Waals surface area contributed by atoms with Crippen molar-refractivity contribution in [2.75, 3.05) is 33.8 Å². The SMILES string of the molecule is CCC(CC(C)(C(=O)OCCN(C)C)C(C)(C)C)C(CC)N1CCCC1=O. The van der Waals surface area contributed by atoms with E-state index in [4.69, 9.17) is 4.74 Å². The molecule has 0 aromatic rings. The average Bonchev–Trinajstić information content (AvgIpc) is 2.98. The van der Waals surface area contributed by atoms with Crippen molar-refractivity contribution in [3.05, 3.63) is 0 Å². The second-order valence-electron chi connectivity index (χ2n) is 9.56. The summed E-state index contributed by atoms with van der Waals surface area (Å²) in [5, 5.41) is 0. The Morgan fingerprint density at radius 2 is 1.81 bits per heavy atom. The molecule has 1 amide bonds. The van der Waals surface area contributed by atoms with Gasteiger partial charge in [0.2, 0.25) is 5.91 Å². The second kappa shape index (κ2) is 9.90. The van der Waals surface area contributed by atoms with Gasteiger partial charge in [0.25, 0.3) is 0 Å². The van der Waals surface area contributed by atoms with Crippen molar-refractivity contribution < 1.29 is 14.3 Å². The number of esters is 1. The van der Waals surface area contributed by atoms with Crippen molar-refractivity contribution in [3.8, 4) is 0 Å². The Labute approximate surface area is 166 Å². The standard InChI is InChI=1S/C22H42N2O3/c1-9-17(18(10-2)24-13-11-12-19(24)25)16-22(6,21(3,4)5)20(26)27-15-14-23(7)8/h17-18H,9-16H2,1-8H3. The van der Waals surface area contributed by atoms with Gasteiger partial charge in [0.15, 0.2) is 0 Å². The Balaban J connectivity index is 3.00. The van der Waals surface area contributed by atoms with Crippen LogP contribution in [0.15, 0.2) is 0 Å². The highest BCUT2D eigenvalue weighted by Gasteiger charge is 2.48. The number of likely N-dealkylation sites (tertiary alicyclic amines) is 1. The fourth-order valence-electron chi connectivity index (χ4n) is 4.08. The number of hydrogen-bond donors (Lipinski definition) is 0. The third-order valence-electron chi connectivity index (χ3n) is 6.55. The van der Waals surface area contributed by atoms with Crippen LogP contribution in [0.4, 0.5) is 0 Å². The lowest BCUT2D eigenvalue weighted by Crippen LogP contribution is -2.48. The topological polar surface area (TPSA) is 49.9 Å². The van der Waals surface area contributed by atoms with Crippen molar-refractivity contribution in [2.24, 2.45) is 16.7 Å². The molecule has 1 heterocycles. The zero-order valence-corrected chi connectivity index (χ0v) is 18.9. The van der Waals surface area contributed by atoms with Crippen molar-refractivity contribution in [1.29, 1.82) is 0 Å². The molecule has 158 valence electrons. The van der Waals surface area contributed by atoms with Gasteiger partial charge in [0.1, 0.15) is 6.61 Å². The van der Waals surface area contributed by atoms with Crippen LogP contribution in [0.1, 0.15) is 73.6 Å².